The van der Waals surface area contributed by atoms with E-state index in [4.69, 9.17) is 0 Å². The minimum Gasteiger partial charge on any atom is -0.357 e. The monoisotopic (exact) mass is 283 g/mol. The predicted octanol–water partition coefficient (Wildman–Crippen LogP) is 2.11. The van der Waals surface area contributed by atoms with Crippen LogP contribution in [-0.2, 0) is 0 Å². The first-order chi connectivity index (χ1) is 10.3. The van der Waals surface area contributed by atoms with E-state index in [2.05, 4.69) is 25.2 Å². The highest BCUT2D eigenvalue weighted by Crippen LogP contribution is 2.19. The van der Waals surface area contributed by atoms with Crippen LogP contribution in [0.25, 0.3) is 0 Å². The normalized spacial score (nSPS) is 14.8. The molecule has 0 aromatic carbocycles. The fourth-order valence-electron chi connectivity index (χ4n) is 2.38. The molecule has 1 amide bonds. The Morgan fingerprint density at radius 2 is 1.90 bits per heavy atom. The van der Waals surface area contributed by atoms with E-state index in [9.17, 15) is 4.79 Å². The van der Waals surface area contributed by atoms with Gasteiger partial charge in [0.1, 0.15) is 11.5 Å². The first-order valence-corrected chi connectivity index (χ1v) is 7.11. The summed E-state index contributed by atoms with van der Waals surface area (Å²) in [5, 5.41) is 2.77. The topological polar surface area (TPSA) is 71.0 Å². The second kappa shape index (κ2) is 6.30. The summed E-state index contributed by atoms with van der Waals surface area (Å²) in [6, 6.07) is 3.81. The summed E-state index contributed by atoms with van der Waals surface area (Å²) in [6.07, 6.45) is 9.86. The summed E-state index contributed by atoms with van der Waals surface area (Å²) in [7, 11) is 0. The number of amides is 1. The van der Waals surface area contributed by atoms with E-state index in [1.54, 1.807) is 6.20 Å². The van der Waals surface area contributed by atoms with Crippen molar-refractivity contribution in [3.05, 3.63) is 42.6 Å². The smallest absolute Gasteiger partial charge is 0.275 e. The van der Waals surface area contributed by atoms with Gasteiger partial charge in [-0.3, -0.25) is 9.78 Å². The quantitative estimate of drug-likeness (QED) is 0.934. The van der Waals surface area contributed by atoms with Gasteiger partial charge in [-0.25, -0.2) is 9.97 Å². The molecule has 0 atom stereocenters. The second-order valence-corrected chi connectivity index (χ2v) is 5.00. The van der Waals surface area contributed by atoms with Crippen LogP contribution in [-0.4, -0.2) is 33.9 Å². The Balaban J connectivity index is 1.65. The van der Waals surface area contributed by atoms with Crippen LogP contribution in [0.3, 0.4) is 0 Å². The fourth-order valence-corrected chi connectivity index (χ4v) is 2.38. The SMILES string of the molecule is O=C(Nc1ccc(N2CCCCC2)nc1)c1cnccn1. The molecule has 0 bridgehead atoms. The zero-order chi connectivity index (χ0) is 14.5. The molecule has 3 heterocycles. The van der Waals surface area contributed by atoms with Crippen LogP contribution >= 0.6 is 0 Å². The molecule has 0 radical (unpaired) electrons. The summed E-state index contributed by atoms with van der Waals surface area (Å²) in [5.41, 5.74) is 0.948. The van der Waals surface area contributed by atoms with Gasteiger partial charge in [0, 0.05) is 25.5 Å². The fraction of sp³-hybridized carbons (Fsp3) is 0.333. The molecule has 1 aliphatic heterocycles. The van der Waals surface area contributed by atoms with E-state index >= 15 is 0 Å². The van der Waals surface area contributed by atoms with Crippen molar-refractivity contribution in [2.45, 2.75) is 19.3 Å². The molecule has 3 rings (SSSR count). The van der Waals surface area contributed by atoms with Gasteiger partial charge < -0.3 is 10.2 Å². The van der Waals surface area contributed by atoms with E-state index < -0.39 is 0 Å². The van der Waals surface area contributed by atoms with Crippen LogP contribution in [0.1, 0.15) is 29.8 Å². The van der Waals surface area contributed by atoms with E-state index in [0.717, 1.165) is 18.9 Å². The molecule has 1 saturated heterocycles. The molecule has 6 heteroatoms. The van der Waals surface area contributed by atoms with E-state index in [1.165, 1.54) is 37.9 Å². The van der Waals surface area contributed by atoms with Crippen LogP contribution in [0.2, 0.25) is 0 Å². The summed E-state index contributed by atoms with van der Waals surface area (Å²) in [6.45, 7) is 2.11. The first-order valence-electron chi connectivity index (χ1n) is 7.11. The van der Waals surface area contributed by atoms with Crippen molar-refractivity contribution in [2.75, 3.05) is 23.3 Å². The Kier molecular flexibility index (Phi) is 4.04. The van der Waals surface area contributed by atoms with Crippen molar-refractivity contribution in [1.82, 2.24) is 15.0 Å². The van der Waals surface area contributed by atoms with Crippen LogP contribution in [0, 0.1) is 0 Å². The number of nitrogens with one attached hydrogen (secondary N) is 1. The molecule has 6 nitrogen and oxygen atoms in total. The highest BCUT2D eigenvalue weighted by Gasteiger charge is 2.12. The van der Waals surface area contributed by atoms with Gasteiger partial charge in [0.2, 0.25) is 0 Å². The Morgan fingerprint density at radius 3 is 2.57 bits per heavy atom. The maximum absolute atomic E-state index is 11.9. The number of rotatable bonds is 3. The number of pyridine rings is 1. The Hall–Kier alpha value is -2.50. The van der Waals surface area contributed by atoms with Gasteiger partial charge >= 0.3 is 0 Å². The number of aromatic nitrogens is 3. The summed E-state index contributed by atoms with van der Waals surface area (Å²) in [5.74, 6) is 0.683. The summed E-state index contributed by atoms with van der Waals surface area (Å²) >= 11 is 0. The van der Waals surface area contributed by atoms with Crippen LogP contribution in [0.15, 0.2) is 36.9 Å². The maximum Gasteiger partial charge on any atom is 0.275 e. The van der Waals surface area contributed by atoms with Crippen molar-refractivity contribution in [1.29, 1.82) is 0 Å². The average Bonchev–Trinajstić information content (AvgIpc) is 2.57. The molecule has 0 unspecified atom stereocenters. The van der Waals surface area contributed by atoms with Crippen molar-refractivity contribution in [3.8, 4) is 0 Å². The van der Waals surface area contributed by atoms with Crippen molar-refractivity contribution in [3.63, 3.8) is 0 Å². The van der Waals surface area contributed by atoms with Gasteiger partial charge in [0.15, 0.2) is 0 Å². The van der Waals surface area contributed by atoms with Crippen LogP contribution < -0.4 is 10.2 Å². The lowest BCUT2D eigenvalue weighted by molar-refractivity contribution is 0.102. The Bertz CT molecular complexity index is 593. The Morgan fingerprint density at radius 1 is 1.05 bits per heavy atom. The molecule has 0 aliphatic carbocycles. The predicted molar refractivity (Wildman–Crippen MR) is 80.3 cm³/mol. The zero-order valence-corrected chi connectivity index (χ0v) is 11.7. The molecule has 1 aliphatic rings. The molecule has 2 aromatic heterocycles. The number of nitrogens with zero attached hydrogens (tertiary/aromatic N) is 4. The van der Waals surface area contributed by atoms with E-state index in [0.29, 0.717) is 5.69 Å². The van der Waals surface area contributed by atoms with Gasteiger partial charge in [-0.1, -0.05) is 0 Å². The molecule has 21 heavy (non-hydrogen) atoms. The molecule has 0 saturated carbocycles. The van der Waals surface area contributed by atoms with Crippen molar-refractivity contribution < 1.29 is 4.79 Å². The van der Waals surface area contributed by atoms with Gasteiger partial charge in [-0.15, -0.1) is 0 Å². The van der Waals surface area contributed by atoms with Crippen molar-refractivity contribution in [2.24, 2.45) is 0 Å². The third-order valence-corrected chi connectivity index (χ3v) is 3.48. The number of anilines is 2. The third-order valence-electron chi connectivity index (χ3n) is 3.48. The van der Waals surface area contributed by atoms with Gasteiger partial charge in [0.05, 0.1) is 18.1 Å². The number of hydrogen-bond acceptors (Lipinski definition) is 5. The van der Waals surface area contributed by atoms with E-state index in [1.807, 2.05) is 12.1 Å². The van der Waals surface area contributed by atoms with Crippen molar-refractivity contribution >= 4 is 17.4 Å². The van der Waals surface area contributed by atoms with E-state index in [-0.39, 0.29) is 11.6 Å². The third kappa shape index (κ3) is 3.34. The molecule has 2 aromatic rings. The minimum atomic E-state index is -0.282. The summed E-state index contributed by atoms with van der Waals surface area (Å²) < 4.78 is 0. The standard InChI is InChI=1S/C15H17N5O/c21-15(13-11-16-6-7-17-13)19-12-4-5-14(18-10-12)20-8-2-1-3-9-20/h4-7,10-11H,1-3,8-9H2,(H,19,21). The number of piperidine rings is 1. The maximum atomic E-state index is 11.9. The first kappa shape index (κ1) is 13.5. The number of hydrogen-bond donors (Lipinski definition) is 1. The molecule has 108 valence electrons. The van der Waals surface area contributed by atoms with Crippen LogP contribution in [0.5, 0.6) is 0 Å². The number of carbonyl (C=O) groups excluding carboxylic acids is 1. The lowest BCUT2D eigenvalue weighted by atomic mass is 10.1. The second-order valence-electron chi connectivity index (χ2n) is 5.00. The molecule has 1 N–H and O–H groups in total. The van der Waals surface area contributed by atoms with Gasteiger partial charge in [-0.05, 0) is 31.4 Å². The lowest BCUT2D eigenvalue weighted by Gasteiger charge is -2.27. The highest BCUT2D eigenvalue weighted by molar-refractivity contribution is 6.02. The summed E-state index contributed by atoms with van der Waals surface area (Å²) in [4.78, 5) is 26.5. The lowest BCUT2D eigenvalue weighted by Crippen LogP contribution is -2.30. The zero-order valence-electron chi connectivity index (χ0n) is 11.7. The number of carbonyl (C=O) groups is 1. The average molecular weight is 283 g/mol. The highest BCUT2D eigenvalue weighted by atomic mass is 16.1. The van der Waals surface area contributed by atoms with Crippen LogP contribution in [0.4, 0.5) is 11.5 Å². The van der Waals surface area contributed by atoms with Gasteiger partial charge in [0.25, 0.3) is 5.91 Å². The molecule has 0 spiro atoms. The largest absolute Gasteiger partial charge is 0.357 e. The minimum absolute atomic E-state index is 0.282. The Labute approximate surface area is 123 Å². The van der Waals surface area contributed by atoms with Gasteiger partial charge in [-0.2, -0.15) is 0 Å². The molecular weight excluding hydrogens is 266 g/mol. The molecular formula is C15H17N5O. The molecule has 1 fully saturated rings.